The fraction of sp³-hybridized carbons (Fsp3) is 0.579. The molecule has 0 unspecified atom stereocenters. The van der Waals surface area contributed by atoms with Crippen molar-refractivity contribution in [3.8, 4) is 11.5 Å². The molecule has 1 saturated heterocycles. The number of carbonyl (C=O) groups is 2. The number of benzene rings is 1. The minimum absolute atomic E-state index is 0.0422. The number of ether oxygens (including phenoxy) is 3. The zero-order valence-corrected chi connectivity index (χ0v) is 16.7. The number of nitrogens with one attached hydrogen (secondary N) is 1. The van der Waals surface area contributed by atoms with Crippen LogP contribution in [0.15, 0.2) is 18.2 Å². The van der Waals surface area contributed by atoms with Crippen molar-refractivity contribution in [2.45, 2.75) is 24.3 Å². The Balaban J connectivity index is 1.83. The van der Waals surface area contributed by atoms with E-state index >= 15 is 0 Å². The Morgan fingerprint density at radius 1 is 1.19 bits per heavy atom. The average Bonchev–Trinajstić information content (AvgIpc) is 3.45. The summed E-state index contributed by atoms with van der Waals surface area (Å²) in [6.45, 7) is 0.879. The molecule has 1 aliphatic heterocycles. The molecule has 2 fully saturated rings. The Labute approximate surface area is 163 Å². The number of thioether (sulfide) groups is 1. The molecule has 148 valence electrons. The van der Waals surface area contributed by atoms with Gasteiger partial charge in [-0.2, -0.15) is 0 Å². The summed E-state index contributed by atoms with van der Waals surface area (Å²) in [5, 5.41) is 2.65. The van der Waals surface area contributed by atoms with Crippen LogP contribution < -0.4 is 14.8 Å². The first-order valence-electron chi connectivity index (χ1n) is 9.03. The number of methoxy groups -OCH3 is 3. The van der Waals surface area contributed by atoms with E-state index < -0.39 is 6.04 Å². The van der Waals surface area contributed by atoms with Crippen molar-refractivity contribution < 1.29 is 23.8 Å². The summed E-state index contributed by atoms with van der Waals surface area (Å²) >= 11 is 1.60. The van der Waals surface area contributed by atoms with Crippen LogP contribution in [-0.4, -0.2) is 63.0 Å². The van der Waals surface area contributed by atoms with Crippen LogP contribution in [0.5, 0.6) is 11.5 Å². The van der Waals surface area contributed by atoms with Gasteiger partial charge >= 0.3 is 0 Å². The second-order valence-corrected chi connectivity index (χ2v) is 7.73. The normalized spacial score (nSPS) is 21.8. The van der Waals surface area contributed by atoms with Crippen molar-refractivity contribution in [1.29, 1.82) is 0 Å². The largest absolute Gasteiger partial charge is 0.493 e. The summed E-state index contributed by atoms with van der Waals surface area (Å²) in [7, 11) is 4.77. The average molecular weight is 394 g/mol. The molecule has 27 heavy (non-hydrogen) atoms. The highest BCUT2D eigenvalue weighted by atomic mass is 32.2. The lowest BCUT2D eigenvalue weighted by molar-refractivity contribution is -0.140. The summed E-state index contributed by atoms with van der Waals surface area (Å²) in [4.78, 5) is 27.4. The molecule has 2 atom stereocenters. The molecule has 1 aromatic rings. The highest BCUT2D eigenvalue weighted by molar-refractivity contribution is 7.99. The van der Waals surface area contributed by atoms with Crippen LogP contribution in [0.4, 0.5) is 0 Å². The Hall–Kier alpha value is -1.93. The number of hydrogen-bond acceptors (Lipinski definition) is 6. The zero-order chi connectivity index (χ0) is 19.4. The van der Waals surface area contributed by atoms with Crippen LogP contribution in [0.3, 0.4) is 0 Å². The van der Waals surface area contributed by atoms with E-state index in [2.05, 4.69) is 5.32 Å². The first-order valence-corrected chi connectivity index (χ1v) is 10.1. The third-order valence-electron chi connectivity index (χ3n) is 4.78. The summed E-state index contributed by atoms with van der Waals surface area (Å²) in [6, 6.07) is 5.17. The molecule has 1 aromatic carbocycles. The smallest absolute Gasteiger partial charge is 0.243 e. The predicted molar refractivity (Wildman–Crippen MR) is 103 cm³/mol. The van der Waals surface area contributed by atoms with E-state index in [4.69, 9.17) is 14.2 Å². The number of rotatable bonds is 8. The Morgan fingerprint density at radius 3 is 2.56 bits per heavy atom. The second-order valence-electron chi connectivity index (χ2n) is 6.62. The lowest BCUT2D eigenvalue weighted by Gasteiger charge is -2.29. The molecule has 8 heteroatoms. The molecule has 0 aromatic heterocycles. The SMILES string of the molecule is COCCNC(=O)[C@@H]1CS[C@@H](c2ccc(OC)c(OC)c2)N1C(=O)C1CC1. The molecule has 0 radical (unpaired) electrons. The van der Waals surface area contributed by atoms with Crippen molar-refractivity contribution in [3.05, 3.63) is 23.8 Å². The first-order chi connectivity index (χ1) is 13.1. The van der Waals surface area contributed by atoms with E-state index in [-0.39, 0.29) is 23.1 Å². The standard InChI is InChI=1S/C19H26N2O5S/c1-24-9-8-20-17(22)14-11-27-19(21(14)18(23)12-4-5-12)13-6-7-15(25-2)16(10-13)26-3/h6-7,10,12,14,19H,4-5,8-9,11H2,1-3H3,(H,20,22)/t14-,19-/m0/s1. The van der Waals surface area contributed by atoms with Gasteiger partial charge in [-0.15, -0.1) is 11.8 Å². The van der Waals surface area contributed by atoms with Gasteiger partial charge in [-0.05, 0) is 30.5 Å². The third-order valence-corrected chi connectivity index (χ3v) is 6.11. The lowest BCUT2D eigenvalue weighted by Crippen LogP contribution is -2.49. The molecule has 2 amide bonds. The number of nitrogens with zero attached hydrogens (tertiary/aromatic N) is 1. The molecule has 3 rings (SSSR count). The predicted octanol–water partition coefficient (Wildman–Crippen LogP) is 1.82. The van der Waals surface area contributed by atoms with Crippen molar-refractivity contribution in [2.24, 2.45) is 5.92 Å². The van der Waals surface area contributed by atoms with Crippen LogP contribution in [0.25, 0.3) is 0 Å². The topological polar surface area (TPSA) is 77.1 Å². The maximum absolute atomic E-state index is 13.0. The maximum Gasteiger partial charge on any atom is 0.243 e. The minimum atomic E-state index is -0.474. The van der Waals surface area contributed by atoms with Gasteiger partial charge in [-0.1, -0.05) is 6.07 Å². The molecule has 2 aliphatic rings. The second kappa shape index (κ2) is 8.84. The first kappa shape index (κ1) is 19.8. The van der Waals surface area contributed by atoms with Gasteiger partial charge in [-0.3, -0.25) is 9.59 Å². The summed E-state index contributed by atoms with van der Waals surface area (Å²) < 4.78 is 15.7. The molecule has 7 nitrogen and oxygen atoms in total. The molecule has 1 saturated carbocycles. The van der Waals surface area contributed by atoms with Crippen LogP contribution in [0.2, 0.25) is 0 Å². The van der Waals surface area contributed by atoms with Crippen LogP contribution in [-0.2, 0) is 14.3 Å². The van der Waals surface area contributed by atoms with E-state index in [9.17, 15) is 9.59 Å². The fourth-order valence-electron chi connectivity index (χ4n) is 3.18. The third kappa shape index (κ3) is 4.32. The van der Waals surface area contributed by atoms with E-state index in [1.807, 2.05) is 18.2 Å². The zero-order valence-electron chi connectivity index (χ0n) is 15.9. The molecular weight excluding hydrogens is 368 g/mol. The minimum Gasteiger partial charge on any atom is -0.493 e. The molecule has 1 aliphatic carbocycles. The van der Waals surface area contributed by atoms with Gasteiger partial charge in [0.1, 0.15) is 11.4 Å². The summed E-state index contributed by atoms with van der Waals surface area (Å²) in [6.07, 6.45) is 1.80. The Bertz CT molecular complexity index is 695. The number of amides is 2. The molecule has 1 N–H and O–H groups in total. The van der Waals surface area contributed by atoms with E-state index in [1.165, 1.54) is 0 Å². The van der Waals surface area contributed by atoms with E-state index in [0.29, 0.717) is 30.4 Å². The lowest BCUT2D eigenvalue weighted by atomic mass is 10.1. The fourth-order valence-corrected chi connectivity index (χ4v) is 4.60. The van der Waals surface area contributed by atoms with Crippen LogP contribution in [0, 0.1) is 5.92 Å². The highest BCUT2D eigenvalue weighted by Crippen LogP contribution is 2.46. The molecular formula is C19H26N2O5S. The van der Waals surface area contributed by atoms with Gasteiger partial charge in [0.15, 0.2) is 11.5 Å². The highest BCUT2D eigenvalue weighted by Gasteiger charge is 2.46. The molecule has 0 spiro atoms. The molecule has 0 bridgehead atoms. The van der Waals surface area contributed by atoms with Gasteiger partial charge in [-0.25, -0.2) is 0 Å². The summed E-state index contributed by atoms with van der Waals surface area (Å²) in [5.41, 5.74) is 0.929. The monoisotopic (exact) mass is 394 g/mol. The quantitative estimate of drug-likeness (QED) is 0.678. The number of carbonyl (C=O) groups excluding carboxylic acids is 2. The van der Waals surface area contributed by atoms with Crippen LogP contribution >= 0.6 is 11.8 Å². The van der Waals surface area contributed by atoms with Crippen LogP contribution in [0.1, 0.15) is 23.8 Å². The Morgan fingerprint density at radius 2 is 1.93 bits per heavy atom. The Kier molecular flexibility index (Phi) is 6.49. The maximum atomic E-state index is 13.0. The van der Waals surface area contributed by atoms with E-state index in [0.717, 1.165) is 18.4 Å². The van der Waals surface area contributed by atoms with Gasteiger partial charge < -0.3 is 24.4 Å². The van der Waals surface area contributed by atoms with Gasteiger partial charge in [0.25, 0.3) is 0 Å². The van der Waals surface area contributed by atoms with E-state index in [1.54, 1.807) is 38.0 Å². The van der Waals surface area contributed by atoms with Gasteiger partial charge in [0.05, 0.1) is 20.8 Å². The van der Waals surface area contributed by atoms with Crippen molar-refractivity contribution in [3.63, 3.8) is 0 Å². The van der Waals surface area contributed by atoms with Crippen molar-refractivity contribution in [1.82, 2.24) is 10.2 Å². The van der Waals surface area contributed by atoms with Crippen molar-refractivity contribution in [2.75, 3.05) is 40.2 Å². The number of hydrogen-bond donors (Lipinski definition) is 1. The summed E-state index contributed by atoms with van der Waals surface area (Å²) in [5.74, 6) is 1.79. The molecule has 1 heterocycles. The van der Waals surface area contributed by atoms with Gasteiger partial charge in [0.2, 0.25) is 11.8 Å². The van der Waals surface area contributed by atoms with Gasteiger partial charge in [0, 0.05) is 25.3 Å². The van der Waals surface area contributed by atoms with Crippen molar-refractivity contribution >= 4 is 23.6 Å².